The van der Waals surface area contributed by atoms with Crippen LogP contribution in [0, 0.1) is 24.7 Å². The van der Waals surface area contributed by atoms with E-state index in [1.54, 1.807) is 0 Å². The molecule has 0 radical (unpaired) electrons. The van der Waals surface area contributed by atoms with Crippen molar-refractivity contribution in [2.75, 3.05) is 0 Å². The van der Waals surface area contributed by atoms with Gasteiger partial charge in [-0.2, -0.15) is 0 Å². The van der Waals surface area contributed by atoms with Crippen molar-refractivity contribution in [3.05, 3.63) is 90.0 Å². The molecular weight excluding hydrogens is 342 g/mol. The average Bonchev–Trinajstić information content (AvgIpc) is 2.79. The van der Waals surface area contributed by atoms with E-state index in [0.29, 0.717) is 17.5 Å². The van der Waals surface area contributed by atoms with E-state index < -0.39 is 0 Å². The summed E-state index contributed by atoms with van der Waals surface area (Å²) in [5, 5.41) is 0. The number of terminal acetylenes is 2. The quantitative estimate of drug-likeness (QED) is 0.493. The Labute approximate surface area is 164 Å². The summed E-state index contributed by atoms with van der Waals surface area (Å²) in [6, 6.07) is 25.0. The molecule has 1 aromatic heterocycles. The molecule has 3 heteroatoms. The maximum absolute atomic E-state index is 5.46. The number of hydrogen-bond acceptors (Lipinski definition) is 3. The number of aromatic nitrogens is 3. The second-order valence-corrected chi connectivity index (χ2v) is 6.12. The second-order valence-electron chi connectivity index (χ2n) is 6.12. The normalized spacial score (nSPS) is 10.1. The highest BCUT2D eigenvalue weighted by Gasteiger charge is 2.12. The van der Waals surface area contributed by atoms with Crippen LogP contribution < -0.4 is 0 Å². The average molecular weight is 357 g/mol. The van der Waals surface area contributed by atoms with E-state index in [9.17, 15) is 0 Å². The molecule has 0 aliphatic carbocycles. The van der Waals surface area contributed by atoms with Gasteiger partial charge in [-0.3, -0.25) is 0 Å². The van der Waals surface area contributed by atoms with Gasteiger partial charge in [-0.1, -0.05) is 42.2 Å². The van der Waals surface area contributed by atoms with Gasteiger partial charge < -0.3 is 0 Å². The summed E-state index contributed by atoms with van der Waals surface area (Å²) in [6.07, 6.45) is 10.9. The Morgan fingerprint density at radius 3 is 1.18 bits per heavy atom. The Hall–Kier alpha value is -4.21. The minimum Gasteiger partial charge on any atom is -0.208 e. The molecule has 3 nitrogen and oxygen atoms in total. The van der Waals surface area contributed by atoms with Crippen LogP contribution in [0.15, 0.2) is 78.9 Å². The van der Waals surface area contributed by atoms with Gasteiger partial charge >= 0.3 is 0 Å². The van der Waals surface area contributed by atoms with E-state index in [2.05, 4.69) is 26.8 Å². The summed E-state index contributed by atoms with van der Waals surface area (Å²) in [5.74, 6) is 7.04. The molecule has 4 rings (SSSR count). The maximum Gasteiger partial charge on any atom is 0.164 e. The molecule has 0 aliphatic heterocycles. The van der Waals surface area contributed by atoms with Gasteiger partial charge in [0.2, 0.25) is 0 Å². The Kier molecular flexibility index (Phi) is 4.66. The molecule has 4 aromatic rings. The van der Waals surface area contributed by atoms with Gasteiger partial charge in [-0.05, 0) is 48.5 Å². The predicted molar refractivity (Wildman–Crippen MR) is 112 cm³/mol. The lowest BCUT2D eigenvalue weighted by molar-refractivity contribution is 1.07. The highest BCUT2D eigenvalue weighted by Crippen LogP contribution is 2.24. The van der Waals surface area contributed by atoms with E-state index in [-0.39, 0.29) is 0 Å². The molecule has 28 heavy (non-hydrogen) atoms. The van der Waals surface area contributed by atoms with Crippen LogP contribution in [0.25, 0.3) is 34.2 Å². The molecule has 0 fully saturated rings. The zero-order chi connectivity index (χ0) is 19.3. The molecule has 0 atom stereocenters. The van der Waals surface area contributed by atoms with Crippen molar-refractivity contribution < 1.29 is 0 Å². The van der Waals surface area contributed by atoms with Gasteiger partial charge in [0.05, 0.1) is 0 Å². The lowest BCUT2D eigenvalue weighted by Gasteiger charge is -2.08. The van der Waals surface area contributed by atoms with Crippen molar-refractivity contribution in [2.24, 2.45) is 0 Å². The summed E-state index contributed by atoms with van der Waals surface area (Å²) in [7, 11) is 0. The SMILES string of the molecule is C#Cc1ccc(-c2nc(-c3ccccc3)nc(-c3ccc(C#C)cc3)n2)cc1. The van der Waals surface area contributed by atoms with E-state index in [4.69, 9.17) is 12.8 Å². The lowest BCUT2D eigenvalue weighted by Crippen LogP contribution is -2.00. The Morgan fingerprint density at radius 2 is 0.821 bits per heavy atom. The first kappa shape index (κ1) is 17.2. The van der Waals surface area contributed by atoms with Gasteiger partial charge in [-0.15, -0.1) is 12.8 Å². The molecule has 0 N–H and O–H groups in total. The number of benzene rings is 3. The third-order valence-electron chi connectivity index (χ3n) is 4.29. The monoisotopic (exact) mass is 357 g/mol. The zero-order valence-corrected chi connectivity index (χ0v) is 15.0. The molecule has 0 aliphatic rings. The molecule has 0 amide bonds. The zero-order valence-electron chi connectivity index (χ0n) is 15.0. The first-order valence-corrected chi connectivity index (χ1v) is 8.72. The Morgan fingerprint density at radius 1 is 0.464 bits per heavy atom. The van der Waals surface area contributed by atoms with Crippen LogP contribution in [0.4, 0.5) is 0 Å². The largest absolute Gasteiger partial charge is 0.208 e. The summed E-state index contributed by atoms with van der Waals surface area (Å²) in [6.45, 7) is 0. The second kappa shape index (κ2) is 7.58. The molecule has 0 saturated carbocycles. The van der Waals surface area contributed by atoms with Gasteiger partial charge in [0.25, 0.3) is 0 Å². The van der Waals surface area contributed by atoms with E-state index >= 15 is 0 Å². The molecule has 0 saturated heterocycles. The van der Waals surface area contributed by atoms with Crippen molar-refractivity contribution in [3.63, 3.8) is 0 Å². The molecule has 0 bridgehead atoms. The van der Waals surface area contributed by atoms with Gasteiger partial charge in [-0.25, -0.2) is 15.0 Å². The molecule has 3 aromatic carbocycles. The topological polar surface area (TPSA) is 38.7 Å². The van der Waals surface area contributed by atoms with Gasteiger partial charge in [0, 0.05) is 27.8 Å². The minimum absolute atomic E-state index is 0.591. The third kappa shape index (κ3) is 3.51. The van der Waals surface area contributed by atoms with Crippen LogP contribution in [-0.2, 0) is 0 Å². The van der Waals surface area contributed by atoms with E-state index in [0.717, 1.165) is 27.8 Å². The fourth-order valence-electron chi connectivity index (χ4n) is 2.78. The number of nitrogens with zero attached hydrogens (tertiary/aromatic N) is 3. The number of hydrogen-bond donors (Lipinski definition) is 0. The van der Waals surface area contributed by atoms with Crippen LogP contribution in [0.5, 0.6) is 0 Å². The summed E-state index contributed by atoms with van der Waals surface area (Å²) in [4.78, 5) is 14.0. The Balaban J connectivity index is 1.87. The summed E-state index contributed by atoms with van der Waals surface area (Å²) < 4.78 is 0. The fourth-order valence-corrected chi connectivity index (χ4v) is 2.78. The van der Waals surface area contributed by atoms with E-state index in [1.165, 1.54) is 0 Å². The first-order valence-electron chi connectivity index (χ1n) is 8.72. The van der Waals surface area contributed by atoms with Crippen molar-refractivity contribution in [2.45, 2.75) is 0 Å². The predicted octanol–water partition coefficient (Wildman–Crippen LogP) is 4.84. The fraction of sp³-hybridized carbons (Fsp3) is 0. The molecule has 1 heterocycles. The van der Waals surface area contributed by atoms with Crippen molar-refractivity contribution in [1.29, 1.82) is 0 Å². The van der Waals surface area contributed by atoms with Gasteiger partial charge in [0.1, 0.15) is 0 Å². The van der Waals surface area contributed by atoms with Crippen LogP contribution >= 0.6 is 0 Å². The van der Waals surface area contributed by atoms with Crippen molar-refractivity contribution in [3.8, 4) is 58.9 Å². The smallest absolute Gasteiger partial charge is 0.164 e. The molecule has 0 spiro atoms. The van der Waals surface area contributed by atoms with Crippen LogP contribution in [0.2, 0.25) is 0 Å². The minimum atomic E-state index is 0.591. The molecular formula is C25H15N3. The number of rotatable bonds is 3. The lowest BCUT2D eigenvalue weighted by atomic mass is 10.1. The van der Waals surface area contributed by atoms with Crippen LogP contribution in [0.3, 0.4) is 0 Å². The third-order valence-corrected chi connectivity index (χ3v) is 4.29. The summed E-state index contributed by atoms with van der Waals surface area (Å²) in [5.41, 5.74) is 4.30. The van der Waals surface area contributed by atoms with Crippen molar-refractivity contribution >= 4 is 0 Å². The first-order chi connectivity index (χ1) is 13.8. The highest BCUT2D eigenvalue weighted by atomic mass is 15.0. The van der Waals surface area contributed by atoms with E-state index in [1.807, 2.05) is 78.9 Å². The Bertz CT molecular complexity index is 1120. The maximum atomic E-state index is 5.46. The standard InChI is InChI=1S/C25H15N3/c1-3-18-10-14-21(15-11-18)24-26-23(20-8-6-5-7-9-20)27-25(28-24)22-16-12-19(4-2)13-17-22/h1-2,5-17H. The van der Waals surface area contributed by atoms with Crippen LogP contribution in [-0.4, -0.2) is 15.0 Å². The molecule has 130 valence electrons. The van der Waals surface area contributed by atoms with Crippen LogP contribution in [0.1, 0.15) is 11.1 Å². The summed E-state index contributed by atoms with van der Waals surface area (Å²) >= 11 is 0. The van der Waals surface area contributed by atoms with Crippen molar-refractivity contribution in [1.82, 2.24) is 15.0 Å². The highest BCUT2D eigenvalue weighted by molar-refractivity contribution is 5.67. The molecule has 0 unspecified atom stereocenters. The van der Waals surface area contributed by atoms with Gasteiger partial charge in [0.15, 0.2) is 17.5 Å².